The third-order valence-corrected chi connectivity index (χ3v) is 3.96. The van der Waals surface area contributed by atoms with Gasteiger partial charge in [-0.2, -0.15) is 4.98 Å². The summed E-state index contributed by atoms with van der Waals surface area (Å²) >= 11 is 1.43. The Morgan fingerprint density at radius 2 is 2.13 bits per heavy atom. The van der Waals surface area contributed by atoms with E-state index in [1.165, 1.54) is 11.8 Å². The predicted octanol–water partition coefficient (Wildman–Crippen LogP) is 2.26. The van der Waals surface area contributed by atoms with Crippen LogP contribution in [0.1, 0.15) is 34.9 Å². The van der Waals surface area contributed by atoms with Gasteiger partial charge in [0.25, 0.3) is 5.91 Å². The fourth-order valence-electron chi connectivity index (χ4n) is 1.86. The van der Waals surface area contributed by atoms with Gasteiger partial charge in [0.1, 0.15) is 0 Å². The molecule has 122 valence electrons. The number of hydrogen-bond acceptors (Lipinski definition) is 6. The molecule has 0 atom stereocenters. The highest BCUT2D eigenvalue weighted by Crippen LogP contribution is 2.25. The molecule has 1 aromatic carbocycles. The lowest BCUT2D eigenvalue weighted by Crippen LogP contribution is -2.25. The van der Waals surface area contributed by atoms with Crippen molar-refractivity contribution in [3.8, 4) is 0 Å². The van der Waals surface area contributed by atoms with Crippen molar-refractivity contribution < 1.29 is 19.2 Å². The highest BCUT2D eigenvalue weighted by Gasteiger charge is 2.12. The number of hydrogen-bond donors (Lipinski definition) is 2. The van der Waals surface area contributed by atoms with Crippen LogP contribution >= 0.6 is 11.8 Å². The number of carboxylic acids is 1. The smallest absolute Gasteiger partial charge is 0.303 e. The maximum Gasteiger partial charge on any atom is 0.303 e. The molecule has 0 spiro atoms. The van der Waals surface area contributed by atoms with Gasteiger partial charge in [-0.25, -0.2) is 0 Å². The Labute approximate surface area is 137 Å². The van der Waals surface area contributed by atoms with Gasteiger partial charge in [-0.1, -0.05) is 17.3 Å². The molecule has 0 fully saturated rings. The molecule has 0 aliphatic rings. The van der Waals surface area contributed by atoms with Crippen LogP contribution in [0.4, 0.5) is 0 Å². The molecule has 2 N–H and O–H groups in total. The third kappa shape index (κ3) is 5.41. The molecule has 8 heteroatoms. The van der Waals surface area contributed by atoms with Gasteiger partial charge < -0.3 is 14.9 Å². The number of benzene rings is 1. The van der Waals surface area contributed by atoms with Crippen LogP contribution in [-0.2, 0) is 10.5 Å². The summed E-state index contributed by atoms with van der Waals surface area (Å²) in [7, 11) is 0. The molecular weight excluding hydrogens is 318 g/mol. The summed E-state index contributed by atoms with van der Waals surface area (Å²) in [6.45, 7) is 2.07. The van der Waals surface area contributed by atoms with Crippen molar-refractivity contribution in [1.29, 1.82) is 0 Å². The topological polar surface area (TPSA) is 105 Å². The van der Waals surface area contributed by atoms with Crippen LogP contribution in [0, 0.1) is 6.92 Å². The Morgan fingerprint density at radius 3 is 2.83 bits per heavy atom. The minimum absolute atomic E-state index is 0.0349. The van der Waals surface area contributed by atoms with E-state index in [0.29, 0.717) is 36.0 Å². The molecule has 7 nitrogen and oxygen atoms in total. The number of aliphatic carboxylic acids is 1. The maximum absolute atomic E-state index is 12.2. The summed E-state index contributed by atoms with van der Waals surface area (Å²) in [5.74, 6) is 0.462. The molecule has 0 radical (unpaired) electrons. The van der Waals surface area contributed by atoms with Crippen LogP contribution in [0.15, 0.2) is 33.7 Å². The number of nitrogens with zero attached hydrogens (tertiary/aromatic N) is 2. The first-order valence-electron chi connectivity index (χ1n) is 7.07. The Hall–Kier alpha value is -2.35. The van der Waals surface area contributed by atoms with E-state index < -0.39 is 5.97 Å². The second-order valence-corrected chi connectivity index (χ2v) is 5.79. The minimum Gasteiger partial charge on any atom is -0.481 e. The van der Waals surface area contributed by atoms with E-state index in [1.54, 1.807) is 19.1 Å². The van der Waals surface area contributed by atoms with Gasteiger partial charge in [0, 0.05) is 17.9 Å². The van der Waals surface area contributed by atoms with Crippen LogP contribution in [0.2, 0.25) is 0 Å². The van der Waals surface area contributed by atoms with E-state index in [9.17, 15) is 9.59 Å². The van der Waals surface area contributed by atoms with Crippen LogP contribution in [0.25, 0.3) is 0 Å². The lowest BCUT2D eigenvalue weighted by atomic mass is 10.2. The van der Waals surface area contributed by atoms with Gasteiger partial charge >= 0.3 is 5.97 Å². The van der Waals surface area contributed by atoms with Crippen LogP contribution < -0.4 is 5.32 Å². The van der Waals surface area contributed by atoms with Crippen molar-refractivity contribution in [2.45, 2.75) is 30.4 Å². The predicted molar refractivity (Wildman–Crippen MR) is 84.2 cm³/mol. The quantitative estimate of drug-likeness (QED) is 0.563. The van der Waals surface area contributed by atoms with Gasteiger partial charge in [0.2, 0.25) is 5.89 Å². The average Bonchev–Trinajstić information content (AvgIpc) is 2.95. The molecular formula is C15H17N3O4S. The number of nitrogens with one attached hydrogen (secondary N) is 1. The summed E-state index contributed by atoms with van der Waals surface area (Å²) < 4.78 is 5.05. The average molecular weight is 335 g/mol. The van der Waals surface area contributed by atoms with Crippen molar-refractivity contribution in [1.82, 2.24) is 15.5 Å². The molecule has 1 aromatic heterocycles. The number of carbonyl (C=O) groups excluding carboxylic acids is 1. The Balaban J connectivity index is 1.93. The van der Waals surface area contributed by atoms with Crippen molar-refractivity contribution >= 4 is 23.6 Å². The molecule has 0 bridgehead atoms. The number of amides is 1. The first-order chi connectivity index (χ1) is 11.1. The highest BCUT2D eigenvalue weighted by molar-refractivity contribution is 7.98. The molecule has 0 saturated carbocycles. The number of rotatable bonds is 8. The maximum atomic E-state index is 12.2. The summed E-state index contributed by atoms with van der Waals surface area (Å²) in [5.41, 5.74) is 0.545. The SMILES string of the molecule is Cc1noc(CSc2ccccc2C(=O)NCCCC(=O)O)n1. The number of thioether (sulfide) groups is 1. The Morgan fingerprint density at radius 1 is 1.35 bits per heavy atom. The highest BCUT2D eigenvalue weighted by atomic mass is 32.2. The van der Waals surface area contributed by atoms with E-state index in [1.807, 2.05) is 12.1 Å². The second kappa shape index (κ2) is 8.33. The van der Waals surface area contributed by atoms with Gasteiger partial charge in [-0.15, -0.1) is 11.8 Å². The third-order valence-electron chi connectivity index (χ3n) is 2.91. The number of carboxylic acid groups (broad SMARTS) is 1. The van der Waals surface area contributed by atoms with Gasteiger partial charge in [-0.3, -0.25) is 9.59 Å². The van der Waals surface area contributed by atoms with Gasteiger partial charge in [0.15, 0.2) is 5.82 Å². The number of aromatic nitrogens is 2. The molecule has 2 aromatic rings. The van der Waals surface area contributed by atoms with Gasteiger partial charge in [-0.05, 0) is 25.5 Å². The van der Waals surface area contributed by atoms with E-state index in [2.05, 4.69) is 15.5 Å². The van der Waals surface area contributed by atoms with Crippen LogP contribution in [-0.4, -0.2) is 33.7 Å². The van der Waals surface area contributed by atoms with E-state index in [4.69, 9.17) is 9.63 Å². The molecule has 1 heterocycles. The molecule has 0 unspecified atom stereocenters. The normalized spacial score (nSPS) is 10.5. The molecule has 0 aliphatic heterocycles. The molecule has 2 rings (SSSR count). The zero-order chi connectivity index (χ0) is 16.7. The summed E-state index contributed by atoms with van der Waals surface area (Å²) in [4.78, 5) is 27.6. The monoisotopic (exact) mass is 335 g/mol. The largest absolute Gasteiger partial charge is 0.481 e. The number of aryl methyl sites for hydroxylation is 1. The van der Waals surface area contributed by atoms with E-state index in [-0.39, 0.29) is 12.3 Å². The molecule has 0 saturated heterocycles. The summed E-state index contributed by atoms with van der Waals surface area (Å²) in [6.07, 6.45) is 0.435. The van der Waals surface area contributed by atoms with E-state index >= 15 is 0 Å². The Kier molecular flexibility index (Phi) is 6.16. The first-order valence-corrected chi connectivity index (χ1v) is 8.06. The summed E-state index contributed by atoms with van der Waals surface area (Å²) in [5, 5.41) is 15.0. The lowest BCUT2D eigenvalue weighted by Gasteiger charge is -2.08. The fourth-order valence-corrected chi connectivity index (χ4v) is 2.74. The van der Waals surface area contributed by atoms with Gasteiger partial charge in [0.05, 0.1) is 11.3 Å². The van der Waals surface area contributed by atoms with Crippen LogP contribution in [0.5, 0.6) is 0 Å². The first kappa shape index (κ1) is 17.0. The fraction of sp³-hybridized carbons (Fsp3) is 0.333. The van der Waals surface area contributed by atoms with Crippen molar-refractivity contribution in [3.63, 3.8) is 0 Å². The van der Waals surface area contributed by atoms with Crippen molar-refractivity contribution in [2.24, 2.45) is 0 Å². The molecule has 1 amide bonds. The van der Waals surface area contributed by atoms with Crippen molar-refractivity contribution in [3.05, 3.63) is 41.5 Å². The lowest BCUT2D eigenvalue weighted by molar-refractivity contribution is -0.137. The number of carbonyl (C=O) groups is 2. The molecule has 0 aliphatic carbocycles. The molecule has 23 heavy (non-hydrogen) atoms. The zero-order valence-electron chi connectivity index (χ0n) is 12.6. The standard InChI is InChI=1S/C15H17N3O4S/c1-10-17-13(22-18-10)9-23-12-6-3-2-5-11(12)15(21)16-8-4-7-14(19)20/h2-3,5-6H,4,7-9H2,1H3,(H,16,21)(H,19,20). The minimum atomic E-state index is -0.870. The van der Waals surface area contributed by atoms with Crippen LogP contribution in [0.3, 0.4) is 0 Å². The Bertz CT molecular complexity index is 687. The zero-order valence-corrected chi connectivity index (χ0v) is 13.4. The summed E-state index contributed by atoms with van der Waals surface area (Å²) in [6, 6.07) is 7.21. The van der Waals surface area contributed by atoms with Crippen molar-refractivity contribution in [2.75, 3.05) is 6.54 Å². The second-order valence-electron chi connectivity index (χ2n) is 4.77. The van der Waals surface area contributed by atoms with E-state index in [0.717, 1.165) is 4.90 Å².